The molecule has 0 saturated carbocycles. The minimum atomic E-state index is -5.51. The van der Waals surface area contributed by atoms with Gasteiger partial charge in [-0.15, -0.1) is 0 Å². The van der Waals surface area contributed by atoms with E-state index in [2.05, 4.69) is 8.83 Å². The third-order valence-electron chi connectivity index (χ3n) is 1.60. The molecule has 0 aliphatic rings. The van der Waals surface area contributed by atoms with E-state index >= 15 is 0 Å². The molecule has 1 unspecified atom stereocenters. The van der Waals surface area contributed by atoms with Gasteiger partial charge in [0.05, 0.1) is 0 Å². The van der Waals surface area contributed by atoms with Crippen molar-refractivity contribution >= 4 is 15.6 Å². The van der Waals surface area contributed by atoms with Crippen molar-refractivity contribution in [1.82, 2.24) is 0 Å². The Morgan fingerprint density at radius 1 is 0.850 bits per heavy atom. The summed E-state index contributed by atoms with van der Waals surface area (Å²) >= 11 is 0. The summed E-state index contributed by atoms with van der Waals surface area (Å²) in [6, 6.07) is 0. The lowest BCUT2D eigenvalue weighted by Gasteiger charge is -2.17. The standard InChI is InChI=1S/C6H4F5NO6P2/c7-1-2(8)4(10)6(5(11)3(1)9)17-19(12,13)18-20(14,15)16/h(H2,12,13)(H2,14,15,16). The monoisotopic (exact) mass is 343 g/mol. The van der Waals surface area contributed by atoms with E-state index in [1.165, 1.54) is 0 Å². The van der Waals surface area contributed by atoms with Crippen molar-refractivity contribution in [2.45, 2.75) is 0 Å². The van der Waals surface area contributed by atoms with E-state index in [9.17, 15) is 26.5 Å². The molecule has 7 nitrogen and oxygen atoms in total. The van der Waals surface area contributed by atoms with Crippen LogP contribution in [0.25, 0.3) is 0 Å². The van der Waals surface area contributed by atoms with Crippen molar-refractivity contribution in [3.8, 4) is 5.75 Å². The molecule has 0 fully saturated rings. The normalized spacial score (nSPS) is 15.0. The first-order valence-corrected chi connectivity index (χ1v) is 7.31. The molecule has 0 aliphatic carbocycles. The molecule has 14 heteroatoms. The highest BCUT2D eigenvalue weighted by Gasteiger charge is 2.35. The molecule has 0 amide bonds. The van der Waals surface area contributed by atoms with Gasteiger partial charge in [0.15, 0.2) is 0 Å². The second-order valence-electron chi connectivity index (χ2n) is 3.08. The van der Waals surface area contributed by atoms with Crippen LogP contribution in [-0.4, -0.2) is 14.7 Å². The van der Waals surface area contributed by atoms with Crippen molar-refractivity contribution in [2.75, 3.05) is 0 Å². The second kappa shape index (κ2) is 5.40. The summed E-state index contributed by atoms with van der Waals surface area (Å²) in [5.41, 5.74) is 0. The van der Waals surface area contributed by atoms with Crippen molar-refractivity contribution < 1.29 is 50.0 Å². The lowest BCUT2D eigenvalue weighted by Crippen LogP contribution is -2.06. The van der Waals surface area contributed by atoms with Crippen LogP contribution in [-0.2, 0) is 8.88 Å². The molecule has 0 aromatic heterocycles. The summed E-state index contributed by atoms with van der Waals surface area (Å²) in [7, 11) is -10.9. The number of rotatable bonds is 4. The van der Waals surface area contributed by atoms with Gasteiger partial charge in [-0.2, -0.15) is 13.1 Å². The molecule has 0 spiro atoms. The van der Waals surface area contributed by atoms with Gasteiger partial charge in [0.1, 0.15) is 0 Å². The Bertz CT molecular complexity index is 618. The van der Waals surface area contributed by atoms with Crippen molar-refractivity contribution in [3.63, 3.8) is 0 Å². The maximum absolute atomic E-state index is 13.1. The average molecular weight is 343 g/mol. The topological polar surface area (TPSA) is 120 Å². The maximum atomic E-state index is 13.1. The zero-order valence-corrected chi connectivity index (χ0v) is 10.6. The van der Waals surface area contributed by atoms with Crippen LogP contribution in [0, 0.1) is 34.2 Å². The Hall–Kier alpha value is -1.03. The van der Waals surface area contributed by atoms with E-state index in [1.807, 2.05) is 0 Å². The van der Waals surface area contributed by atoms with Gasteiger partial charge in [-0.3, -0.25) is 0 Å². The molecule has 0 saturated heterocycles. The number of benzene rings is 1. The summed E-state index contributed by atoms with van der Waals surface area (Å²) in [4.78, 5) is 25.5. The van der Waals surface area contributed by atoms with E-state index in [-0.39, 0.29) is 0 Å². The molecule has 1 atom stereocenters. The van der Waals surface area contributed by atoms with Gasteiger partial charge in [0.2, 0.25) is 34.8 Å². The number of hydrogen-bond acceptors (Lipinski definition) is 4. The third kappa shape index (κ3) is 3.75. The van der Waals surface area contributed by atoms with Crippen LogP contribution < -0.4 is 4.52 Å². The second-order valence-corrected chi connectivity index (χ2v) is 5.94. The molecule has 114 valence electrons. The summed E-state index contributed by atoms with van der Waals surface area (Å²) in [5, 5.41) is 6.77. The summed E-state index contributed by atoms with van der Waals surface area (Å²) in [5.74, 6) is -14.6. The van der Waals surface area contributed by atoms with E-state index in [4.69, 9.17) is 19.8 Å². The van der Waals surface area contributed by atoms with Crippen molar-refractivity contribution in [1.29, 1.82) is 5.16 Å². The minimum Gasteiger partial charge on any atom is -0.412 e. The van der Waals surface area contributed by atoms with E-state index in [0.717, 1.165) is 0 Å². The van der Waals surface area contributed by atoms with Crippen LogP contribution in [0.2, 0.25) is 0 Å². The van der Waals surface area contributed by atoms with Crippen LogP contribution in [0.1, 0.15) is 0 Å². The molecule has 1 aromatic carbocycles. The zero-order valence-electron chi connectivity index (χ0n) is 8.85. The van der Waals surface area contributed by atoms with E-state index in [0.29, 0.717) is 0 Å². The fourth-order valence-electron chi connectivity index (χ4n) is 0.949. The smallest absolute Gasteiger partial charge is 0.412 e. The molecule has 0 heterocycles. The SMILES string of the molecule is N=P(O)(Oc1c(F)c(F)c(F)c(F)c1F)OP(=O)(O)O. The zero-order chi connectivity index (χ0) is 15.9. The van der Waals surface area contributed by atoms with Gasteiger partial charge >= 0.3 is 15.6 Å². The van der Waals surface area contributed by atoms with Crippen LogP contribution in [0.3, 0.4) is 0 Å². The van der Waals surface area contributed by atoms with Gasteiger partial charge in [-0.1, -0.05) is 0 Å². The van der Waals surface area contributed by atoms with Gasteiger partial charge in [-0.25, -0.2) is 22.9 Å². The number of nitrogens with one attached hydrogen (secondary N) is 1. The molecule has 1 rings (SSSR count). The van der Waals surface area contributed by atoms with Gasteiger partial charge < -0.3 is 19.2 Å². The molecule has 1 aromatic rings. The first-order valence-electron chi connectivity index (χ1n) is 4.20. The van der Waals surface area contributed by atoms with Crippen LogP contribution >= 0.6 is 15.6 Å². The quantitative estimate of drug-likeness (QED) is 0.288. The molecule has 0 radical (unpaired) electrons. The summed E-state index contributed by atoms with van der Waals surface area (Å²) in [6.07, 6.45) is 0. The maximum Gasteiger partial charge on any atom is 0.478 e. The van der Waals surface area contributed by atoms with E-state index < -0.39 is 50.4 Å². The highest BCUT2D eigenvalue weighted by Crippen LogP contribution is 2.58. The Morgan fingerprint density at radius 3 is 1.55 bits per heavy atom. The molecule has 0 aliphatic heterocycles. The fraction of sp³-hybridized carbons (Fsp3) is 0. The van der Waals surface area contributed by atoms with Crippen LogP contribution in [0.5, 0.6) is 5.75 Å². The van der Waals surface area contributed by atoms with Crippen LogP contribution in [0.15, 0.2) is 0 Å². The van der Waals surface area contributed by atoms with Gasteiger partial charge in [0, 0.05) is 0 Å². The Morgan fingerprint density at radius 2 is 1.20 bits per heavy atom. The van der Waals surface area contributed by atoms with Crippen molar-refractivity contribution in [3.05, 3.63) is 29.1 Å². The first kappa shape index (κ1) is 17.0. The third-order valence-corrected chi connectivity index (χ3v) is 3.77. The average Bonchev–Trinajstić information content (AvgIpc) is 2.26. The van der Waals surface area contributed by atoms with Crippen LogP contribution in [0.4, 0.5) is 22.0 Å². The minimum absolute atomic E-state index is 2.10. The summed E-state index contributed by atoms with van der Waals surface area (Å²) in [6.45, 7) is 0. The molecular formula is C6H4F5NO6P2. The lowest BCUT2D eigenvalue weighted by molar-refractivity contribution is 0.249. The fourth-order valence-corrected chi connectivity index (χ4v) is 2.64. The largest absolute Gasteiger partial charge is 0.478 e. The molecule has 20 heavy (non-hydrogen) atoms. The molecule has 0 bridgehead atoms. The van der Waals surface area contributed by atoms with Gasteiger partial charge in [0.25, 0.3) is 0 Å². The predicted molar refractivity (Wildman–Crippen MR) is 51.8 cm³/mol. The number of halogens is 5. The molecule has 4 N–H and O–H groups in total. The van der Waals surface area contributed by atoms with E-state index in [1.54, 1.807) is 0 Å². The lowest BCUT2D eigenvalue weighted by atomic mass is 10.3. The van der Waals surface area contributed by atoms with Gasteiger partial charge in [-0.05, 0) is 0 Å². The number of hydrogen-bond donors (Lipinski definition) is 4. The Kier molecular flexibility index (Phi) is 4.59. The number of phosphoric acid groups is 1. The first-order chi connectivity index (χ1) is 8.86. The van der Waals surface area contributed by atoms with Crippen molar-refractivity contribution in [2.24, 2.45) is 0 Å². The predicted octanol–water partition coefficient (Wildman–Crippen LogP) is 2.39. The molecular weight excluding hydrogens is 339 g/mol. The highest BCUT2D eigenvalue weighted by molar-refractivity contribution is 7.61. The summed E-state index contributed by atoms with van der Waals surface area (Å²) < 4.78 is 81.7. The Labute approximate surface area is 106 Å². The highest BCUT2D eigenvalue weighted by atomic mass is 31.3. The Balaban J connectivity index is 3.30.